The zero-order valence-corrected chi connectivity index (χ0v) is 13.9. The number of fused-ring (bicyclic) bond motifs is 1. The van der Waals surface area contributed by atoms with Crippen LogP contribution < -0.4 is 9.80 Å². The molecule has 0 bridgehead atoms. The zero-order valence-electron chi connectivity index (χ0n) is 13.9. The SMILES string of the molecule is N#CCN(CC#N)c1ncnc(N2CCCc3ccccc32)c1[N+](=O)[O-]. The first-order chi connectivity index (χ1) is 12.7. The van der Waals surface area contributed by atoms with Crippen LogP contribution in [0.5, 0.6) is 0 Å². The highest BCUT2D eigenvalue weighted by Gasteiger charge is 2.32. The van der Waals surface area contributed by atoms with Crippen LogP contribution in [-0.2, 0) is 6.42 Å². The van der Waals surface area contributed by atoms with Gasteiger partial charge in [-0.1, -0.05) is 18.2 Å². The van der Waals surface area contributed by atoms with Crippen molar-refractivity contribution in [3.05, 3.63) is 46.3 Å². The van der Waals surface area contributed by atoms with E-state index in [0.29, 0.717) is 6.54 Å². The molecule has 9 nitrogen and oxygen atoms in total. The summed E-state index contributed by atoms with van der Waals surface area (Å²) in [4.78, 5) is 22.5. The molecule has 26 heavy (non-hydrogen) atoms. The van der Waals surface area contributed by atoms with Crippen LogP contribution in [0.25, 0.3) is 0 Å². The van der Waals surface area contributed by atoms with Gasteiger partial charge in [-0.15, -0.1) is 0 Å². The molecule has 0 unspecified atom stereocenters. The Labute approximate surface area is 149 Å². The van der Waals surface area contributed by atoms with E-state index in [2.05, 4.69) is 9.97 Å². The number of nitriles is 2. The molecule has 130 valence electrons. The highest BCUT2D eigenvalue weighted by atomic mass is 16.6. The fraction of sp³-hybridized carbons (Fsp3) is 0.294. The summed E-state index contributed by atoms with van der Waals surface area (Å²) in [6.45, 7) is 0.230. The van der Waals surface area contributed by atoms with E-state index in [1.807, 2.05) is 36.4 Å². The molecule has 0 fully saturated rings. The second-order valence-electron chi connectivity index (χ2n) is 5.68. The Bertz CT molecular complexity index is 900. The van der Waals surface area contributed by atoms with Gasteiger partial charge in [0.25, 0.3) is 0 Å². The van der Waals surface area contributed by atoms with Crippen LogP contribution in [0.1, 0.15) is 12.0 Å². The third-order valence-electron chi connectivity index (χ3n) is 4.15. The number of para-hydroxylation sites is 1. The van der Waals surface area contributed by atoms with Gasteiger partial charge < -0.3 is 9.80 Å². The summed E-state index contributed by atoms with van der Waals surface area (Å²) in [6.07, 6.45) is 2.97. The van der Waals surface area contributed by atoms with Crippen LogP contribution in [0.4, 0.5) is 23.0 Å². The van der Waals surface area contributed by atoms with E-state index in [0.717, 1.165) is 24.1 Å². The summed E-state index contributed by atoms with van der Waals surface area (Å²) in [5, 5.41) is 29.8. The van der Waals surface area contributed by atoms with Gasteiger partial charge in [0.05, 0.1) is 17.1 Å². The van der Waals surface area contributed by atoms with Crippen LogP contribution in [0.15, 0.2) is 30.6 Å². The average molecular weight is 349 g/mol. The third-order valence-corrected chi connectivity index (χ3v) is 4.15. The van der Waals surface area contributed by atoms with Gasteiger partial charge in [0.15, 0.2) is 0 Å². The number of nitro groups is 1. The number of aromatic nitrogens is 2. The van der Waals surface area contributed by atoms with Crippen LogP contribution in [0.2, 0.25) is 0 Å². The van der Waals surface area contributed by atoms with E-state index in [9.17, 15) is 10.1 Å². The highest BCUT2D eigenvalue weighted by molar-refractivity contribution is 5.78. The summed E-state index contributed by atoms with van der Waals surface area (Å²) in [6, 6.07) is 11.5. The maximum absolute atomic E-state index is 11.8. The highest BCUT2D eigenvalue weighted by Crippen LogP contribution is 2.40. The summed E-state index contributed by atoms with van der Waals surface area (Å²) in [5.74, 6) is 0.152. The molecule has 1 aromatic heterocycles. The zero-order chi connectivity index (χ0) is 18.5. The van der Waals surface area contributed by atoms with Crippen molar-refractivity contribution in [2.45, 2.75) is 12.8 Å². The van der Waals surface area contributed by atoms with Gasteiger partial charge in [-0.25, -0.2) is 9.97 Å². The van der Waals surface area contributed by atoms with Crippen LogP contribution >= 0.6 is 0 Å². The number of nitrogens with zero attached hydrogens (tertiary/aromatic N) is 7. The van der Waals surface area contributed by atoms with Crippen molar-refractivity contribution in [3.63, 3.8) is 0 Å². The molecule has 0 radical (unpaired) electrons. The van der Waals surface area contributed by atoms with Crippen molar-refractivity contribution < 1.29 is 4.92 Å². The molecule has 0 saturated carbocycles. The Morgan fingerprint density at radius 3 is 2.65 bits per heavy atom. The Morgan fingerprint density at radius 1 is 1.23 bits per heavy atom. The van der Waals surface area contributed by atoms with E-state index in [-0.39, 0.29) is 30.4 Å². The van der Waals surface area contributed by atoms with Gasteiger partial charge in [-0.2, -0.15) is 10.5 Å². The molecule has 0 N–H and O–H groups in total. The number of hydrogen-bond acceptors (Lipinski definition) is 8. The lowest BCUT2D eigenvalue weighted by molar-refractivity contribution is -0.383. The second kappa shape index (κ2) is 7.45. The van der Waals surface area contributed by atoms with Crippen molar-refractivity contribution in [2.75, 3.05) is 29.4 Å². The normalized spacial score (nSPS) is 12.6. The quantitative estimate of drug-likeness (QED) is 0.458. The van der Waals surface area contributed by atoms with Crippen molar-refractivity contribution in [3.8, 4) is 12.1 Å². The topological polar surface area (TPSA) is 123 Å². The first-order valence-electron chi connectivity index (χ1n) is 8.01. The molecular formula is C17H15N7O2. The van der Waals surface area contributed by atoms with Gasteiger partial charge in [0.1, 0.15) is 19.4 Å². The molecule has 0 amide bonds. The van der Waals surface area contributed by atoms with Gasteiger partial charge in [-0.05, 0) is 24.5 Å². The van der Waals surface area contributed by atoms with Gasteiger partial charge >= 0.3 is 5.69 Å². The standard InChI is InChI=1S/C17H15N7O2/c18-7-10-22(11-8-19)16-15(24(25)26)17(21-12-20-16)23-9-3-5-13-4-1-2-6-14(13)23/h1-2,4,6,12H,3,5,9-11H2. The molecule has 2 heterocycles. The Hall–Kier alpha value is -3.72. The van der Waals surface area contributed by atoms with E-state index in [4.69, 9.17) is 10.5 Å². The van der Waals surface area contributed by atoms with Gasteiger partial charge in [0, 0.05) is 12.2 Å². The summed E-state index contributed by atoms with van der Waals surface area (Å²) >= 11 is 0. The molecule has 9 heteroatoms. The molecule has 0 saturated heterocycles. The van der Waals surface area contributed by atoms with Crippen LogP contribution in [0.3, 0.4) is 0 Å². The smallest absolute Gasteiger partial charge is 0.324 e. The molecule has 0 aliphatic carbocycles. The summed E-state index contributed by atoms with van der Waals surface area (Å²) in [5.41, 5.74) is 1.67. The molecule has 1 aliphatic heterocycles. The van der Waals surface area contributed by atoms with Crippen molar-refractivity contribution >= 4 is 23.0 Å². The maximum atomic E-state index is 11.8. The Morgan fingerprint density at radius 2 is 1.96 bits per heavy atom. The lowest BCUT2D eigenvalue weighted by Gasteiger charge is -2.30. The third kappa shape index (κ3) is 3.10. The fourth-order valence-electron chi connectivity index (χ4n) is 3.08. The predicted molar refractivity (Wildman–Crippen MR) is 93.9 cm³/mol. The molecule has 1 aliphatic rings. The molecule has 0 spiro atoms. The maximum Gasteiger partial charge on any atom is 0.354 e. The van der Waals surface area contributed by atoms with Crippen molar-refractivity contribution in [1.82, 2.24) is 9.97 Å². The minimum atomic E-state index is -0.552. The molecule has 0 atom stereocenters. The first kappa shape index (κ1) is 17.1. The van der Waals surface area contributed by atoms with Gasteiger partial charge in [0.2, 0.25) is 11.6 Å². The number of rotatable bonds is 5. The molecule has 2 aromatic rings. The monoisotopic (exact) mass is 349 g/mol. The summed E-state index contributed by atoms with van der Waals surface area (Å²) < 4.78 is 0. The number of benzene rings is 1. The van der Waals surface area contributed by atoms with E-state index < -0.39 is 4.92 Å². The lowest BCUT2D eigenvalue weighted by atomic mass is 10.0. The minimum Gasteiger partial charge on any atom is -0.324 e. The predicted octanol–water partition coefficient (Wildman–Crippen LogP) is 2.32. The first-order valence-corrected chi connectivity index (χ1v) is 8.01. The summed E-state index contributed by atoms with van der Waals surface area (Å²) in [7, 11) is 0. The minimum absolute atomic E-state index is 0.0221. The van der Waals surface area contributed by atoms with Crippen molar-refractivity contribution in [1.29, 1.82) is 10.5 Å². The van der Waals surface area contributed by atoms with E-state index in [1.165, 1.54) is 11.2 Å². The number of aryl methyl sites for hydroxylation is 1. The second-order valence-corrected chi connectivity index (χ2v) is 5.68. The van der Waals surface area contributed by atoms with Crippen molar-refractivity contribution in [2.24, 2.45) is 0 Å². The Kier molecular flexibility index (Phi) is 4.90. The fourth-order valence-corrected chi connectivity index (χ4v) is 3.08. The molecule has 3 rings (SSSR count). The van der Waals surface area contributed by atoms with Gasteiger partial charge in [-0.3, -0.25) is 10.1 Å². The van der Waals surface area contributed by atoms with E-state index in [1.54, 1.807) is 4.90 Å². The van der Waals surface area contributed by atoms with Crippen LogP contribution in [0, 0.1) is 32.8 Å². The molecular weight excluding hydrogens is 334 g/mol. The molecule has 1 aromatic carbocycles. The average Bonchev–Trinajstić information content (AvgIpc) is 2.66. The largest absolute Gasteiger partial charge is 0.354 e. The van der Waals surface area contributed by atoms with Crippen LogP contribution in [-0.4, -0.2) is 34.5 Å². The number of anilines is 3. The van der Waals surface area contributed by atoms with E-state index >= 15 is 0 Å². The number of hydrogen-bond donors (Lipinski definition) is 0. The Balaban J connectivity index is 2.15. The lowest BCUT2D eigenvalue weighted by Crippen LogP contribution is -2.29.